The third kappa shape index (κ3) is 3.02. The van der Waals surface area contributed by atoms with Crippen LogP contribution in [0, 0.1) is 5.82 Å². The van der Waals surface area contributed by atoms with Crippen molar-refractivity contribution in [3.8, 4) is 17.1 Å². The van der Waals surface area contributed by atoms with Crippen LogP contribution in [0.25, 0.3) is 11.4 Å². The largest absolute Gasteiger partial charge is 0.497 e. The van der Waals surface area contributed by atoms with E-state index < -0.39 is 0 Å². The number of hydrogen-bond donors (Lipinski definition) is 0. The van der Waals surface area contributed by atoms with Crippen LogP contribution in [-0.2, 0) is 0 Å². The molecule has 3 aromatic rings. The van der Waals surface area contributed by atoms with Crippen LogP contribution in [0.4, 0.5) is 4.39 Å². The average molecular weight is 355 g/mol. The zero-order chi connectivity index (χ0) is 17.4. The molecule has 0 fully saturated rings. The van der Waals surface area contributed by atoms with Crippen LogP contribution in [-0.4, -0.2) is 27.8 Å². The first kappa shape index (κ1) is 15.8. The van der Waals surface area contributed by atoms with E-state index in [0.717, 1.165) is 16.9 Å². The number of ether oxygens (including phenoxy) is 1. The summed E-state index contributed by atoms with van der Waals surface area (Å²) in [5.74, 6) is 0.837. The normalized spacial score (nSPS) is 16.6. The van der Waals surface area contributed by atoms with Crippen molar-refractivity contribution in [1.82, 2.24) is 14.8 Å². The van der Waals surface area contributed by atoms with E-state index in [9.17, 15) is 9.18 Å². The van der Waals surface area contributed by atoms with Gasteiger partial charge >= 0.3 is 0 Å². The molecule has 0 N–H and O–H groups in total. The molecule has 7 heteroatoms. The molecule has 0 unspecified atom stereocenters. The van der Waals surface area contributed by atoms with Gasteiger partial charge < -0.3 is 4.74 Å². The van der Waals surface area contributed by atoms with Crippen molar-refractivity contribution in [1.29, 1.82) is 0 Å². The highest BCUT2D eigenvalue weighted by Gasteiger charge is 2.30. The second-order valence-corrected chi connectivity index (χ2v) is 6.78. The molecule has 2 heterocycles. The third-order valence-corrected chi connectivity index (χ3v) is 5.21. The Hall–Kier alpha value is -2.67. The third-order valence-electron chi connectivity index (χ3n) is 4.01. The number of thioether (sulfide) groups is 1. The summed E-state index contributed by atoms with van der Waals surface area (Å²) in [6.07, 6.45) is 0.300. The summed E-state index contributed by atoms with van der Waals surface area (Å²) in [4.78, 5) is 16.9. The molecule has 0 amide bonds. The molecule has 1 atom stereocenters. The van der Waals surface area contributed by atoms with Gasteiger partial charge in [0.2, 0.25) is 0 Å². The van der Waals surface area contributed by atoms with Crippen molar-refractivity contribution in [2.45, 2.75) is 16.8 Å². The lowest BCUT2D eigenvalue weighted by atomic mass is 10.1. The fraction of sp³-hybridized carbons (Fsp3) is 0.167. The van der Waals surface area contributed by atoms with Crippen LogP contribution in [0.3, 0.4) is 0 Å². The summed E-state index contributed by atoms with van der Waals surface area (Å²) < 4.78 is 19.6. The molecular weight excluding hydrogens is 341 g/mol. The number of halogens is 1. The van der Waals surface area contributed by atoms with Gasteiger partial charge in [-0.3, -0.25) is 4.79 Å². The Kier molecular flexibility index (Phi) is 4.01. The second-order valence-electron chi connectivity index (χ2n) is 5.61. The highest BCUT2D eigenvalue weighted by molar-refractivity contribution is 7.99. The van der Waals surface area contributed by atoms with Gasteiger partial charge in [-0.15, -0.1) is 5.10 Å². The number of methoxy groups -OCH3 is 1. The van der Waals surface area contributed by atoms with Crippen LogP contribution in [0.1, 0.15) is 22.0 Å². The summed E-state index contributed by atoms with van der Waals surface area (Å²) >= 11 is 1.46. The van der Waals surface area contributed by atoms with Gasteiger partial charge in [-0.2, -0.15) is 4.68 Å². The Labute approximate surface area is 147 Å². The molecule has 25 heavy (non-hydrogen) atoms. The Morgan fingerprint density at radius 2 is 1.88 bits per heavy atom. The summed E-state index contributed by atoms with van der Waals surface area (Å²) in [5.41, 5.74) is 1.72. The number of benzene rings is 2. The Morgan fingerprint density at radius 3 is 2.56 bits per heavy atom. The first-order chi connectivity index (χ1) is 12.1. The maximum absolute atomic E-state index is 13.1. The number of rotatable bonds is 3. The molecule has 0 bridgehead atoms. The van der Waals surface area contributed by atoms with Crippen molar-refractivity contribution < 1.29 is 13.9 Å². The molecule has 0 saturated heterocycles. The zero-order valence-corrected chi connectivity index (χ0v) is 14.2. The lowest BCUT2D eigenvalue weighted by Gasteiger charge is -2.20. The van der Waals surface area contributed by atoms with Gasteiger partial charge in [-0.1, -0.05) is 23.9 Å². The van der Waals surface area contributed by atoms with Crippen molar-refractivity contribution in [3.05, 3.63) is 59.9 Å². The maximum Gasteiger partial charge on any atom is 0.250 e. The highest BCUT2D eigenvalue weighted by atomic mass is 32.2. The first-order valence-corrected chi connectivity index (χ1v) is 8.59. The first-order valence-electron chi connectivity index (χ1n) is 7.71. The molecule has 5 nitrogen and oxygen atoms in total. The fourth-order valence-electron chi connectivity index (χ4n) is 2.68. The van der Waals surface area contributed by atoms with Gasteiger partial charge in [0.05, 0.1) is 7.11 Å². The van der Waals surface area contributed by atoms with E-state index in [-0.39, 0.29) is 17.0 Å². The Bertz CT molecular complexity index is 922. The van der Waals surface area contributed by atoms with Crippen molar-refractivity contribution in [2.24, 2.45) is 0 Å². The summed E-state index contributed by atoms with van der Waals surface area (Å²) in [5, 5.41) is 4.80. The predicted octanol–water partition coefficient (Wildman–Crippen LogP) is 3.97. The van der Waals surface area contributed by atoms with Gasteiger partial charge in [-0.25, -0.2) is 9.37 Å². The molecule has 1 aliphatic heterocycles. The quantitative estimate of drug-likeness (QED) is 0.711. The summed E-state index contributed by atoms with van der Waals surface area (Å²) in [6.45, 7) is 0. The standard InChI is InChI=1S/C18H14FN3O2S/c1-24-14-8-4-12(5-9-14)17-20-18-22(21-17)16(23)10-15(25-18)11-2-6-13(19)7-3-11/h2-9,15H,10H2,1H3/t15-/m1/s1. The SMILES string of the molecule is COc1ccc(-c2nc3n(n2)C(=O)C[C@H](c2ccc(F)cc2)S3)cc1. The van der Waals surface area contributed by atoms with Gasteiger partial charge in [0.15, 0.2) is 11.0 Å². The number of carbonyl (C=O) groups excluding carboxylic acids is 1. The summed E-state index contributed by atoms with van der Waals surface area (Å²) in [7, 11) is 1.60. The van der Waals surface area contributed by atoms with E-state index in [1.54, 1.807) is 19.2 Å². The number of aromatic nitrogens is 3. The van der Waals surface area contributed by atoms with E-state index >= 15 is 0 Å². The van der Waals surface area contributed by atoms with E-state index in [1.165, 1.54) is 28.6 Å². The Morgan fingerprint density at radius 1 is 1.16 bits per heavy atom. The maximum atomic E-state index is 13.1. The molecule has 2 aromatic carbocycles. The molecule has 1 aromatic heterocycles. The molecule has 4 rings (SSSR count). The number of carbonyl (C=O) groups is 1. The molecule has 0 saturated carbocycles. The second kappa shape index (κ2) is 6.33. The van der Waals surface area contributed by atoms with Gasteiger partial charge in [0.25, 0.3) is 5.91 Å². The van der Waals surface area contributed by atoms with Gasteiger partial charge in [0, 0.05) is 17.2 Å². The lowest BCUT2D eigenvalue weighted by Crippen LogP contribution is -2.20. The van der Waals surface area contributed by atoms with E-state index in [4.69, 9.17) is 4.74 Å². The molecule has 0 spiro atoms. The Balaban J connectivity index is 1.64. The molecule has 0 aliphatic carbocycles. The number of nitrogens with zero attached hydrogens (tertiary/aromatic N) is 3. The topological polar surface area (TPSA) is 57.0 Å². The van der Waals surface area contributed by atoms with Crippen molar-refractivity contribution in [2.75, 3.05) is 7.11 Å². The van der Waals surface area contributed by atoms with Crippen LogP contribution in [0.15, 0.2) is 53.7 Å². The molecular formula is C18H14FN3O2S. The van der Waals surface area contributed by atoms with E-state index in [0.29, 0.717) is 17.4 Å². The lowest BCUT2D eigenvalue weighted by molar-refractivity contribution is 0.0868. The number of fused-ring (bicyclic) bond motifs is 1. The van der Waals surface area contributed by atoms with Gasteiger partial charge in [-0.05, 0) is 42.0 Å². The highest BCUT2D eigenvalue weighted by Crippen LogP contribution is 2.41. The van der Waals surface area contributed by atoms with Crippen LogP contribution < -0.4 is 4.74 Å². The zero-order valence-electron chi connectivity index (χ0n) is 13.3. The van der Waals surface area contributed by atoms with Crippen molar-refractivity contribution in [3.63, 3.8) is 0 Å². The van der Waals surface area contributed by atoms with Crippen LogP contribution in [0.5, 0.6) is 5.75 Å². The smallest absolute Gasteiger partial charge is 0.250 e. The minimum atomic E-state index is -0.291. The molecule has 0 radical (unpaired) electrons. The fourth-order valence-corrected chi connectivity index (χ4v) is 3.83. The van der Waals surface area contributed by atoms with Crippen LogP contribution >= 0.6 is 11.8 Å². The minimum Gasteiger partial charge on any atom is -0.497 e. The van der Waals surface area contributed by atoms with E-state index in [1.807, 2.05) is 24.3 Å². The van der Waals surface area contributed by atoms with Crippen molar-refractivity contribution >= 4 is 17.7 Å². The van der Waals surface area contributed by atoms with E-state index in [2.05, 4.69) is 10.1 Å². The van der Waals surface area contributed by atoms with Gasteiger partial charge in [0.1, 0.15) is 11.6 Å². The predicted molar refractivity (Wildman–Crippen MR) is 92.3 cm³/mol. The molecule has 1 aliphatic rings. The monoisotopic (exact) mass is 355 g/mol. The average Bonchev–Trinajstić information content (AvgIpc) is 3.07. The minimum absolute atomic E-state index is 0.0893. The van der Waals surface area contributed by atoms with Crippen LogP contribution in [0.2, 0.25) is 0 Å². The molecule has 126 valence electrons. The number of hydrogen-bond acceptors (Lipinski definition) is 5. The summed E-state index contributed by atoms with van der Waals surface area (Å²) in [6, 6.07) is 13.6.